The van der Waals surface area contributed by atoms with Crippen molar-refractivity contribution in [1.29, 1.82) is 0 Å². The summed E-state index contributed by atoms with van der Waals surface area (Å²) in [6.45, 7) is 4.09. The van der Waals surface area contributed by atoms with Gasteiger partial charge in [-0.15, -0.1) is 0 Å². The fraction of sp³-hybridized carbons (Fsp3) is 1.00. The Morgan fingerprint density at radius 1 is 1.36 bits per heavy atom. The van der Waals surface area contributed by atoms with Gasteiger partial charge < -0.3 is 0 Å². The molecule has 1 saturated heterocycles. The summed E-state index contributed by atoms with van der Waals surface area (Å²) < 4.78 is 22.5. The molecule has 0 bridgehead atoms. The lowest BCUT2D eigenvalue weighted by Crippen LogP contribution is -2.30. The minimum absolute atomic E-state index is 0.374. The van der Waals surface area contributed by atoms with E-state index in [0.29, 0.717) is 23.3 Å². The van der Waals surface area contributed by atoms with Crippen LogP contribution < -0.4 is 0 Å². The van der Waals surface area contributed by atoms with Crippen molar-refractivity contribution in [3.05, 3.63) is 0 Å². The first-order chi connectivity index (χ1) is 5.03. The molecule has 2 atom stereocenters. The maximum absolute atomic E-state index is 11.2. The third-order valence-corrected chi connectivity index (χ3v) is 4.40. The van der Waals surface area contributed by atoms with Crippen LogP contribution in [0.1, 0.15) is 26.7 Å². The van der Waals surface area contributed by atoms with E-state index in [1.165, 1.54) is 0 Å². The molecule has 0 aromatic heterocycles. The third-order valence-electron chi connectivity index (χ3n) is 2.34. The molecule has 1 fully saturated rings. The average molecular weight is 176 g/mol. The van der Waals surface area contributed by atoms with E-state index in [9.17, 15) is 8.42 Å². The predicted octanol–water partition coefficient (Wildman–Crippen LogP) is 1.47. The molecule has 0 saturated carbocycles. The normalized spacial score (nSPS) is 36.9. The van der Waals surface area contributed by atoms with Gasteiger partial charge in [0, 0.05) is 0 Å². The monoisotopic (exact) mass is 176 g/mol. The Morgan fingerprint density at radius 3 is 2.45 bits per heavy atom. The summed E-state index contributed by atoms with van der Waals surface area (Å²) in [5.41, 5.74) is 0. The molecule has 66 valence electrons. The molecular formula is C8H16O2S. The Bertz CT molecular complexity index is 218. The van der Waals surface area contributed by atoms with E-state index in [0.717, 1.165) is 12.8 Å². The first kappa shape index (κ1) is 9.04. The minimum atomic E-state index is -2.69. The van der Waals surface area contributed by atoms with Crippen LogP contribution in [0.3, 0.4) is 0 Å². The van der Waals surface area contributed by atoms with Gasteiger partial charge in [0.2, 0.25) is 0 Å². The SMILES string of the molecule is CCC1CC(C)CS(=O)(=O)C1. The van der Waals surface area contributed by atoms with Crippen molar-refractivity contribution in [3.63, 3.8) is 0 Å². The Labute approximate surface area is 68.9 Å². The highest BCUT2D eigenvalue weighted by atomic mass is 32.2. The molecule has 0 aromatic rings. The summed E-state index contributed by atoms with van der Waals surface area (Å²) in [7, 11) is -2.69. The molecule has 0 amide bonds. The van der Waals surface area contributed by atoms with Gasteiger partial charge in [-0.2, -0.15) is 0 Å². The summed E-state index contributed by atoms with van der Waals surface area (Å²) in [6.07, 6.45) is 2.10. The molecule has 0 radical (unpaired) electrons. The highest BCUT2D eigenvalue weighted by molar-refractivity contribution is 7.91. The van der Waals surface area contributed by atoms with E-state index in [1.807, 2.05) is 6.92 Å². The fourth-order valence-electron chi connectivity index (χ4n) is 1.85. The molecule has 2 unspecified atom stereocenters. The average Bonchev–Trinajstić information content (AvgIpc) is 1.83. The van der Waals surface area contributed by atoms with Crippen LogP contribution in [0.2, 0.25) is 0 Å². The molecule has 2 nitrogen and oxygen atoms in total. The summed E-state index contributed by atoms with van der Waals surface area (Å²) >= 11 is 0. The van der Waals surface area contributed by atoms with Gasteiger partial charge in [-0.25, -0.2) is 8.42 Å². The second kappa shape index (κ2) is 3.13. The van der Waals surface area contributed by atoms with Gasteiger partial charge in [0.25, 0.3) is 0 Å². The van der Waals surface area contributed by atoms with Crippen LogP contribution in [0.4, 0.5) is 0 Å². The standard InChI is InChI=1S/C8H16O2S/c1-3-8-4-7(2)5-11(9,10)6-8/h7-8H,3-6H2,1-2H3. The molecule has 1 heterocycles. The van der Waals surface area contributed by atoms with Crippen molar-refractivity contribution in [2.24, 2.45) is 11.8 Å². The van der Waals surface area contributed by atoms with Crippen LogP contribution in [0.15, 0.2) is 0 Å². The van der Waals surface area contributed by atoms with Crippen molar-refractivity contribution in [2.45, 2.75) is 26.7 Å². The van der Waals surface area contributed by atoms with Gasteiger partial charge in [-0.3, -0.25) is 0 Å². The fourth-order valence-corrected chi connectivity index (χ4v) is 4.08. The molecule has 11 heavy (non-hydrogen) atoms. The lowest BCUT2D eigenvalue weighted by Gasteiger charge is -2.25. The topological polar surface area (TPSA) is 34.1 Å². The zero-order valence-corrected chi connectivity index (χ0v) is 8.02. The molecule has 1 aliphatic rings. The number of sulfone groups is 1. The molecule has 0 N–H and O–H groups in total. The number of hydrogen-bond acceptors (Lipinski definition) is 2. The Kier molecular flexibility index (Phi) is 2.58. The summed E-state index contributed by atoms with van der Waals surface area (Å²) in [6, 6.07) is 0. The highest BCUT2D eigenvalue weighted by Crippen LogP contribution is 2.25. The quantitative estimate of drug-likeness (QED) is 0.606. The van der Waals surface area contributed by atoms with Gasteiger partial charge in [-0.1, -0.05) is 20.3 Å². The van der Waals surface area contributed by atoms with Crippen LogP contribution in [0.25, 0.3) is 0 Å². The van der Waals surface area contributed by atoms with E-state index in [2.05, 4.69) is 6.92 Å². The van der Waals surface area contributed by atoms with Crippen LogP contribution >= 0.6 is 0 Å². The Balaban J connectivity index is 2.66. The second-order valence-electron chi connectivity index (χ2n) is 3.69. The smallest absolute Gasteiger partial charge is 0.150 e. The van der Waals surface area contributed by atoms with Crippen LogP contribution in [0.5, 0.6) is 0 Å². The van der Waals surface area contributed by atoms with Crippen molar-refractivity contribution >= 4 is 9.84 Å². The largest absolute Gasteiger partial charge is 0.229 e. The first-order valence-electron chi connectivity index (χ1n) is 4.24. The van der Waals surface area contributed by atoms with E-state index >= 15 is 0 Å². The van der Waals surface area contributed by atoms with E-state index < -0.39 is 9.84 Å². The van der Waals surface area contributed by atoms with Gasteiger partial charge in [0.1, 0.15) is 0 Å². The number of hydrogen-bond donors (Lipinski definition) is 0. The lowest BCUT2D eigenvalue weighted by molar-refractivity contribution is 0.403. The predicted molar refractivity (Wildman–Crippen MR) is 46.2 cm³/mol. The highest BCUT2D eigenvalue weighted by Gasteiger charge is 2.27. The third kappa shape index (κ3) is 2.47. The molecule has 0 spiro atoms. The maximum atomic E-state index is 11.2. The first-order valence-corrected chi connectivity index (χ1v) is 6.06. The van der Waals surface area contributed by atoms with Crippen LogP contribution in [-0.4, -0.2) is 19.9 Å². The van der Waals surface area contributed by atoms with Crippen molar-refractivity contribution in [1.82, 2.24) is 0 Å². The molecule has 1 aliphatic heterocycles. The number of rotatable bonds is 1. The van der Waals surface area contributed by atoms with Crippen molar-refractivity contribution in [2.75, 3.05) is 11.5 Å². The zero-order valence-electron chi connectivity index (χ0n) is 7.21. The summed E-state index contributed by atoms with van der Waals surface area (Å²) in [5, 5.41) is 0. The molecular weight excluding hydrogens is 160 g/mol. The van der Waals surface area contributed by atoms with Gasteiger partial charge >= 0.3 is 0 Å². The molecule has 3 heteroatoms. The Morgan fingerprint density at radius 2 is 2.00 bits per heavy atom. The maximum Gasteiger partial charge on any atom is 0.150 e. The molecule has 0 aromatic carbocycles. The van der Waals surface area contributed by atoms with Crippen LogP contribution in [0, 0.1) is 11.8 Å². The van der Waals surface area contributed by atoms with Crippen molar-refractivity contribution < 1.29 is 8.42 Å². The van der Waals surface area contributed by atoms with Gasteiger partial charge in [0.15, 0.2) is 9.84 Å². The lowest BCUT2D eigenvalue weighted by atomic mass is 9.96. The minimum Gasteiger partial charge on any atom is -0.229 e. The summed E-state index contributed by atoms with van der Waals surface area (Å²) in [4.78, 5) is 0. The molecule has 0 aliphatic carbocycles. The van der Waals surface area contributed by atoms with Gasteiger partial charge in [0.05, 0.1) is 11.5 Å². The van der Waals surface area contributed by atoms with E-state index in [1.54, 1.807) is 0 Å². The van der Waals surface area contributed by atoms with Gasteiger partial charge in [-0.05, 0) is 18.3 Å². The Hall–Kier alpha value is -0.0500. The molecule has 1 rings (SSSR count). The van der Waals surface area contributed by atoms with E-state index in [-0.39, 0.29) is 0 Å². The zero-order chi connectivity index (χ0) is 8.48. The van der Waals surface area contributed by atoms with Crippen molar-refractivity contribution in [3.8, 4) is 0 Å². The second-order valence-corrected chi connectivity index (χ2v) is 5.85. The van der Waals surface area contributed by atoms with Crippen LogP contribution in [-0.2, 0) is 9.84 Å². The van der Waals surface area contributed by atoms with E-state index in [4.69, 9.17) is 0 Å². The summed E-state index contributed by atoms with van der Waals surface area (Å²) in [5.74, 6) is 1.62.